The number of hydrogen-bond donors (Lipinski definition) is 1. The lowest BCUT2D eigenvalue weighted by Crippen LogP contribution is -2.51. The molecule has 110 valence electrons. The number of ether oxygens (including phenoxy) is 1. The van der Waals surface area contributed by atoms with Crippen molar-refractivity contribution in [2.75, 3.05) is 13.2 Å². The Morgan fingerprint density at radius 2 is 2.20 bits per heavy atom. The van der Waals surface area contributed by atoms with E-state index in [9.17, 15) is 9.59 Å². The van der Waals surface area contributed by atoms with Crippen LogP contribution in [0.2, 0.25) is 0 Å². The van der Waals surface area contributed by atoms with Gasteiger partial charge in [0, 0.05) is 12.0 Å². The molecule has 2 heterocycles. The first-order chi connectivity index (χ1) is 9.62. The van der Waals surface area contributed by atoms with Crippen molar-refractivity contribution >= 4 is 11.9 Å². The van der Waals surface area contributed by atoms with Crippen molar-refractivity contribution in [1.29, 1.82) is 0 Å². The molecular formula is C15H22N2O3. The highest BCUT2D eigenvalue weighted by Crippen LogP contribution is 2.71. The highest BCUT2D eigenvalue weighted by atomic mass is 16.5. The summed E-state index contributed by atoms with van der Waals surface area (Å²) in [5, 5.41) is 2.82. The molecule has 5 nitrogen and oxygen atoms in total. The molecule has 1 unspecified atom stereocenters. The van der Waals surface area contributed by atoms with Crippen LogP contribution in [0.4, 0.5) is 4.79 Å². The van der Waals surface area contributed by atoms with Crippen LogP contribution < -0.4 is 5.32 Å². The molecule has 1 spiro atoms. The van der Waals surface area contributed by atoms with Crippen LogP contribution in [0, 0.1) is 11.3 Å². The van der Waals surface area contributed by atoms with Gasteiger partial charge in [-0.25, -0.2) is 4.79 Å². The van der Waals surface area contributed by atoms with Crippen LogP contribution in [0.1, 0.15) is 45.4 Å². The van der Waals surface area contributed by atoms with E-state index in [1.165, 1.54) is 11.3 Å². The van der Waals surface area contributed by atoms with Crippen molar-refractivity contribution in [1.82, 2.24) is 10.2 Å². The summed E-state index contributed by atoms with van der Waals surface area (Å²) in [6.45, 7) is 3.43. The van der Waals surface area contributed by atoms with Crippen molar-refractivity contribution in [2.45, 2.75) is 57.1 Å². The highest BCUT2D eigenvalue weighted by Gasteiger charge is 2.74. The van der Waals surface area contributed by atoms with Crippen molar-refractivity contribution in [3.05, 3.63) is 0 Å². The molecular weight excluding hydrogens is 256 g/mol. The van der Waals surface area contributed by atoms with Gasteiger partial charge in [0.1, 0.15) is 6.04 Å². The van der Waals surface area contributed by atoms with Crippen molar-refractivity contribution < 1.29 is 14.3 Å². The first-order valence-corrected chi connectivity index (χ1v) is 7.88. The predicted molar refractivity (Wildman–Crippen MR) is 72.0 cm³/mol. The summed E-state index contributed by atoms with van der Waals surface area (Å²) in [4.78, 5) is 25.9. The van der Waals surface area contributed by atoms with E-state index < -0.39 is 0 Å². The van der Waals surface area contributed by atoms with Crippen LogP contribution in [0.25, 0.3) is 0 Å². The lowest BCUT2D eigenvalue weighted by molar-refractivity contribution is -0.134. The van der Waals surface area contributed by atoms with Gasteiger partial charge in [0.25, 0.3) is 5.91 Å². The smallest absolute Gasteiger partial charge is 0.324 e. The lowest BCUT2D eigenvalue weighted by atomic mass is 9.68. The number of hydrogen-bond acceptors (Lipinski definition) is 3. The van der Waals surface area contributed by atoms with Crippen LogP contribution in [0.15, 0.2) is 0 Å². The van der Waals surface area contributed by atoms with Crippen LogP contribution in [0.5, 0.6) is 0 Å². The summed E-state index contributed by atoms with van der Waals surface area (Å²) in [5.41, 5.74) is 0.0699. The summed E-state index contributed by atoms with van der Waals surface area (Å²) < 4.78 is 6.03. The fraction of sp³-hybridized carbons (Fsp3) is 0.867. The number of nitrogens with zero attached hydrogens (tertiary/aromatic N) is 1. The largest absolute Gasteiger partial charge is 0.374 e. The fourth-order valence-electron chi connectivity index (χ4n) is 4.53. The first-order valence-electron chi connectivity index (χ1n) is 7.88. The molecule has 0 bridgehead atoms. The molecule has 0 aromatic rings. The number of imide groups is 1. The van der Waals surface area contributed by atoms with E-state index in [0.29, 0.717) is 12.5 Å². The maximum Gasteiger partial charge on any atom is 0.324 e. The molecule has 0 aromatic carbocycles. The molecule has 4 rings (SSSR count). The third kappa shape index (κ3) is 1.42. The number of rotatable bonds is 4. The van der Waals surface area contributed by atoms with E-state index in [1.807, 2.05) is 6.92 Å². The van der Waals surface area contributed by atoms with Crippen molar-refractivity contribution in [2.24, 2.45) is 11.3 Å². The molecule has 20 heavy (non-hydrogen) atoms. The Kier molecular flexibility index (Phi) is 2.50. The number of fused-ring (bicyclic) bond motifs is 2. The second-order valence-corrected chi connectivity index (χ2v) is 6.93. The number of carbonyl (C=O) groups is 2. The van der Waals surface area contributed by atoms with Crippen LogP contribution in [-0.2, 0) is 9.53 Å². The molecule has 2 aliphatic heterocycles. The van der Waals surface area contributed by atoms with E-state index in [2.05, 4.69) is 5.32 Å². The lowest BCUT2D eigenvalue weighted by Gasteiger charge is -2.46. The zero-order valence-corrected chi connectivity index (χ0v) is 12.0. The van der Waals surface area contributed by atoms with Gasteiger partial charge in [0.05, 0.1) is 12.2 Å². The van der Waals surface area contributed by atoms with E-state index >= 15 is 0 Å². The Hall–Kier alpha value is -1.10. The molecule has 4 fully saturated rings. The van der Waals surface area contributed by atoms with E-state index in [0.717, 1.165) is 38.7 Å². The summed E-state index contributed by atoms with van der Waals surface area (Å²) in [5.74, 6) is 0.534. The fourth-order valence-corrected chi connectivity index (χ4v) is 4.53. The highest BCUT2D eigenvalue weighted by molar-refractivity contribution is 6.04. The van der Waals surface area contributed by atoms with Crippen molar-refractivity contribution in [3.63, 3.8) is 0 Å². The van der Waals surface area contributed by atoms with Gasteiger partial charge in [-0.1, -0.05) is 13.3 Å². The van der Waals surface area contributed by atoms with Crippen LogP contribution in [-0.4, -0.2) is 41.6 Å². The Balaban J connectivity index is 1.52. The van der Waals surface area contributed by atoms with Gasteiger partial charge in [0.15, 0.2) is 0 Å². The maximum atomic E-state index is 12.4. The molecule has 4 aliphatic rings. The molecule has 0 aromatic heterocycles. The second-order valence-electron chi connectivity index (χ2n) is 6.93. The van der Waals surface area contributed by atoms with Gasteiger partial charge in [-0.3, -0.25) is 9.69 Å². The number of carbonyl (C=O) groups excluding carboxylic acids is 2. The Morgan fingerprint density at radius 1 is 1.40 bits per heavy atom. The normalized spacial score (nSPS) is 40.8. The van der Waals surface area contributed by atoms with E-state index in [-0.39, 0.29) is 29.0 Å². The predicted octanol–water partition coefficient (Wildman–Crippen LogP) is 1.67. The zero-order valence-electron chi connectivity index (χ0n) is 12.0. The Morgan fingerprint density at radius 3 is 2.80 bits per heavy atom. The van der Waals surface area contributed by atoms with Gasteiger partial charge in [-0.05, 0) is 38.0 Å². The van der Waals surface area contributed by atoms with Gasteiger partial charge in [0.2, 0.25) is 0 Å². The molecule has 1 N–H and O–H groups in total. The molecule has 2 saturated carbocycles. The Labute approximate surface area is 119 Å². The molecule has 2 aliphatic carbocycles. The molecule has 2 saturated heterocycles. The van der Waals surface area contributed by atoms with Gasteiger partial charge < -0.3 is 10.1 Å². The molecule has 0 radical (unpaired) electrons. The number of amides is 3. The van der Waals surface area contributed by atoms with Gasteiger partial charge in [-0.15, -0.1) is 0 Å². The van der Waals surface area contributed by atoms with Crippen molar-refractivity contribution in [3.8, 4) is 0 Å². The average molecular weight is 278 g/mol. The average Bonchev–Trinajstić information content (AvgIpc) is 2.90. The van der Waals surface area contributed by atoms with Crippen LogP contribution >= 0.6 is 0 Å². The SMILES string of the molecule is CCCC1NC(=O)N(C[C@]23C[C@H]2COC32CCC2)C1=O. The van der Waals surface area contributed by atoms with Gasteiger partial charge >= 0.3 is 6.03 Å². The van der Waals surface area contributed by atoms with Gasteiger partial charge in [-0.2, -0.15) is 0 Å². The standard InChI is InChI=1S/C15H22N2O3/c1-2-4-11-12(18)17(13(19)16-11)9-14-7-10(14)8-20-15(14)5-3-6-15/h10-11H,2-9H2,1H3,(H,16,19)/t10-,11?,14+/m0/s1. The minimum Gasteiger partial charge on any atom is -0.374 e. The quantitative estimate of drug-likeness (QED) is 0.796. The monoisotopic (exact) mass is 278 g/mol. The van der Waals surface area contributed by atoms with E-state index in [4.69, 9.17) is 4.74 Å². The minimum absolute atomic E-state index is 0.0128. The molecule has 3 amide bonds. The summed E-state index contributed by atoms with van der Waals surface area (Å²) >= 11 is 0. The van der Waals surface area contributed by atoms with Crippen LogP contribution in [0.3, 0.4) is 0 Å². The third-order valence-corrected chi connectivity index (χ3v) is 5.99. The topological polar surface area (TPSA) is 58.6 Å². The van der Waals surface area contributed by atoms with E-state index in [1.54, 1.807) is 0 Å². The first kappa shape index (κ1) is 12.6. The minimum atomic E-state index is -0.305. The summed E-state index contributed by atoms with van der Waals surface area (Å²) in [6.07, 6.45) is 6.19. The second kappa shape index (κ2) is 3.97. The zero-order chi connectivity index (χ0) is 14.0. The molecule has 5 heteroatoms. The number of nitrogens with one attached hydrogen (secondary N) is 1. The Bertz CT molecular complexity index is 474. The summed E-state index contributed by atoms with van der Waals surface area (Å²) in [7, 11) is 0. The third-order valence-electron chi connectivity index (χ3n) is 5.99. The summed E-state index contributed by atoms with van der Waals surface area (Å²) in [6, 6.07) is -0.504. The molecule has 3 atom stereocenters. The maximum absolute atomic E-state index is 12.4. The number of urea groups is 1.